The molecule has 6 nitrogen and oxygen atoms in total. The molecule has 0 spiro atoms. The van der Waals surface area contributed by atoms with E-state index >= 15 is 0 Å². The van der Waals surface area contributed by atoms with Crippen LogP contribution < -0.4 is 16.4 Å². The molecule has 0 fully saturated rings. The topological polar surface area (TPSA) is 101 Å². The Labute approximate surface area is 146 Å². The van der Waals surface area contributed by atoms with Crippen molar-refractivity contribution in [2.24, 2.45) is 5.73 Å². The first-order valence-electron chi connectivity index (χ1n) is 7.32. The van der Waals surface area contributed by atoms with Crippen LogP contribution >= 0.6 is 22.7 Å². The van der Waals surface area contributed by atoms with Gasteiger partial charge in [0, 0.05) is 15.8 Å². The molecular formula is C16H15N3O3S2. The second-order valence-electron chi connectivity index (χ2n) is 5.22. The predicted molar refractivity (Wildman–Crippen MR) is 95.4 cm³/mol. The number of anilines is 1. The molecule has 0 unspecified atom stereocenters. The van der Waals surface area contributed by atoms with Crippen molar-refractivity contribution >= 4 is 51.6 Å². The van der Waals surface area contributed by atoms with Gasteiger partial charge in [0.25, 0.3) is 5.91 Å². The lowest BCUT2D eigenvalue weighted by Crippen LogP contribution is -2.35. The fourth-order valence-corrected chi connectivity index (χ4v) is 4.51. The minimum atomic E-state index is -0.909. The number of urea groups is 1. The molecular weight excluding hydrogens is 346 g/mol. The maximum atomic E-state index is 12.2. The summed E-state index contributed by atoms with van der Waals surface area (Å²) in [5.74, 6) is -0.893. The summed E-state index contributed by atoms with van der Waals surface area (Å²) in [6, 6.07) is 2.89. The van der Waals surface area contributed by atoms with E-state index in [1.807, 2.05) is 17.5 Å². The number of rotatable bonds is 4. The second-order valence-corrected chi connectivity index (χ2v) is 7.30. The van der Waals surface area contributed by atoms with Gasteiger partial charge in [-0.1, -0.05) is 6.07 Å². The molecule has 1 aliphatic carbocycles. The van der Waals surface area contributed by atoms with Crippen molar-refractivity contribution in [3.05, 3.63) is 44.5 Å². The van der Waals surface area contributed by atoms with E-state index in [1.54, 1.807) is 6.08 Å². The summed E-state index contributed by atoms with van der Waals surface area (Å²) < 4.78 is 0. The van der Waals surface area contributed by atoms with Gasteiger partial charge in [0.15, 0.2) is 0 Å². The van der Waals surface area contributed by atoms with Gasteiger partial charge in [-0.15, -0.1) is 22.7 Å². The molecule has 2 heterocycles. The highest BCUT2D eigenvalue weighted by molar-refractivity contribution is 7.17. The number of hydrogen-bond donors (Lipinski definition) is 3. The van der Waals surface area contributed by atoms with Gasteiger partial charge in [0.2, 0.25) is 5.91 Å². The molecule has 0 radical (unpaired) electrons. The van der Waals surface area contributed by atoms with Crippen molar-refractivity contribution < 1.29 is 14.4 Å². The summed E-state index contributed by atoms with van der Waals surface area (Å²) in [5, 5.41) is 7.20. The molecule has 4 amide bonds. The average molecular weight is 361 g/mol. The molecule has 0 aromatic carbocycles. The van der Waals surface area contributed by atoms with E-state index < -0.39 is 11.9 Å². The van der Waals surface area contributed by atoms with E-state index in [2.05, 4.69) is 10.6 Å². The number of carbonyl (C=O) groups is 3. The molecule has 124 valence electrons. The standard InChI is InChI=1S/C16H15N3O3S2/c17-16(22)19-14(21)13-10-4-1-5-11(10)24-15(13)18-12(20)7-6-9-3-2-8-23-9/h2-3,6-8H,1,4-5H2,(H,18,20)(H3,17,19,21,22)/b7-6+. The first-order chi connectivity index (χ1) is 11.5. The smallest absolute Gasteiger partial charge is 0.319 e. The fraction of sp³-hybridized carbons (Fsp3) is 0.188. The maximum absolute atomic E-state index is 12.2. The maximum Gasteiger partial charge on any atom is 0.319 e. The van der Waals surface area contributed by atoms with Gasteiger partial charge in [0.05, 0.1) is 5.56 Å². The zero-order valence-corrected chi connectivity index (χ0v) is 14.3. The second kappa shape index (κ2) is 6.98. The summed E-state index contributed by atoms with van der Waals surface area (Å²) >= 11 is 2.91. The summed E-state index contributed by atoms with van der Waals surface area (Å²) in [7, 11) is 0. The summed E-state index contributed by atoms with van der Waals surface area (Å²) in [6.45, 7) is 0. The molecule has 1 aliphatic rings. The number of carbonyl (C=O) groups excluding carboxylic acids is 3. The highest BCUT2D eigenvalue weighted by Crippen LogP contribution is 2.39. The van der Waals surface area contributed by atoms with Crippen LogP contribution in [-0.4, -0.2) is 17.8 Å². The Hall–Kier alpha value is -2.45. The minimum absolute atomic E-state index is 0.323. The number of amides is 4. The largest absolute Gasteiger partial charge is 0.351 e. The van der Waals surface area contributed by atoms with E-state index in [4.69, 9.17) is 5.73 Å². The van der Waals surface area contributed by atoms with Crippen LogP contribution in [0.15, 0.2) is 23.6 Å². The van der Waals surface area contributed by atoms with E-state index in [-0.39, 0.29) is 5.91 Å². The van der Waals surface area contributed by atoms with Gasteiger partial charge in [-0.05, 0) is 42.3 Å². The third kappa shape index (κ3) is 3.55. The van der Waals surface area contributed by atoms with Crippen molar-refractivity contribution in [2.75, 3.05) is 5.32 Å². The van der Waals surface area contributed by atoms with Crippen molar-refractivity contribution in [1.29, 1.82) is 0 Å². The number of thiophene rings is 2. The monoisotopic (exact) mass is 361 g/mol. The number of nitrogens with two attached hydrogens (primary N) is 1. The van der Waals surface area contributed by atoms with Crippen molar-refractivity contribution in [3.8, 4) is 0 Å². The molecule has 2 aromatic heterocycles. The van der Waals surface area contributed by atoms with E-state index in [9.17, 15) is 14.4 Å². The first kappa shape index (κ1) is 16.4. The highest BCUT2D eigenvalue weighted by Gasteiger charge is 2.27. The number of imide groups is 1. The van der Waals surface area contributed by atoms with Gasteiger partial charge in [-0.3, -0.25) is 14.9 Å². The number of aryl methyl sites for hydroxylation is 1. The van der Waals surface area contributed by atoms with Gasteiger partial charge >= 0.3 is 6.03 Å². The van der Waals surface area contributed by atoms with E-state index in [0.717, 1.165) is 34.6 Å². The van der Waals surface area contributed by atoms with Gasteiger partial charge in [0.1, 0.15) is 5.00 Å². The summed E-state index contributed by atoms with van der Waals surface area (Å²) in [5.41, 5.74) is 6.28. The lowest BCUT2D eigenvalue weighted by atomic mass is 10.1. The molecule has 24 heavy (non-hydrogen) atoms. The van der Waals surface area contributed by atoms with Crippen LogP contribution in [0.2, 0.25) is 0 Å². The zero-order chi connectivity index (χ0) is 17.1. The van der Waals surface area contributed by atoms with Crippen LogP contribution in [0.4, 0.5) is 9.80 Å². The van der Waals surface area contributed by atoms with Crippen LogP contribution in [-0.2, 0) is 17.6 Å². The van der Waals surface area contributed by atoms with Crippen LogP contribution in [0.5, 0.6) is 0 Å². The van der Waals surface area contributed by atoms with Crippen LogP contribution in [0.1, 0.15) is 32.1 Å². The predicted octanol–water partition coefficient (Wildman–Crippen LogP) is 2.76. The van der Waals surface area contributed by atoms with Crippen LogP contribution in [0, 0.1) is 0 Å². The quantitative estimate of drug-likeness (QED) is 0.730. The number of nitrogens with one attached hydrogen (secondary N) is 2. The SMILES string of the molecule is NC(=O)NC(=O)c1c(NC(=O)/C=C/c2cccs2)sc2c1CCC2. The molecule has 3 rings (SSSR count). The van der Waals surface area contributed by atoms with E-state index in [1.165, 1.54) is 28.7 Å². The summed E-state index contributed by atoms with van der Waals surface area (Å²) in [4.78, 5) is 37.4. The normalized spacial score (nSPS) is 13.0. The van der Waals surface area contributed by atoms with Gasteiger partial charge < -0.3 is 11.1 Å². The number of primary amides is 1. The molecule has 2 aromatic rings. The van der Waals surface area contributed by atoms with Crippen molar-refractivity contribution in [3.63, 3.8) is 0 Å². The average Bonchev–Trinajstić information content (AvgIpc) is 3.20. The third-order valence-electron chi connectivity index (χ3n) is 3.56. The summed E-state index contributed by atoms with van der Waals surface area (Å²) in [6.07, 6.45) is 5.73. The van der Waals surface area contributed by atoms with Gasteiger partial charge in [-0.2, -0.15) is 0 Å². The van der Waals surface area contributed by atoms with Crippen LogP contribution in [0.25, 0.3) is 6.08 Å². The zero-order valence-electron chi connectivity index (χ0n) is 12.6. The Balaban J connectivity index is 1.81. The molecule has 0 aliphatic heterocycles. The number of hydrogen-bond acceptors (Lipinski definition) is 5. The van der Waals surface area contributed by atoms with E-state index in [0.29, 0.717) is 10.6 Å². The minimum Gasteiger partial charge on any atom is -0.351 e. The first-order valence-corrected chi connectivity index (χ1v) is 9.02. The fourth-order valence-electron chi connectivity index (χ4n) is 2.60. The van der Waals surface area contributed by atoms with Crippen LogP contribution in [0.3, 0.4) is 0 Å². The molecule has 0 bridgehead atoms. The Morgan fingerprint density at radius 1 is 1.25 bits per heavy atom. The molecule has 0 saturated heterocycles. The molecule has 0 saturated carbocycles. The highest BCUT2D eigenvalue weighted by atomic mass is 32.1. The van der Waals surface area contributed by atoms with Gasteiger partial charge in [-0.25, -0.2) is 4.79 Å². The lowest BCUT2D eigenvalue weighted by molar-refractivity contribution is -0.111. The Kier molecular flexibility index (Phi) is 4.77. The van der Waals surface area contributed by atoms with Crippen molar-refractivity contribution in [2.45, 2.75) is 19.3 Å². The third-order valence-corrected chi connectivity index (χ3v) is 5.61. The number of fused-ring (bicyclic) bond motifs is 1. The molecule has 4 N–H and O–H groups in total. The molecule has 0 atom stereocenters. The Morgan fingerprint density at radius 2 is 2.08 bits per heavy atom. The Bertz CT molecular complexity index is 822. The Morgan fingerprint density at radius 3 is 2.79 bits per heavy atom. The lowest BCUT2D eigenvalue weighted by Gasteiger charge is -2.06. The molecule has 8 heteroatoms. The van der Waals surface area contributed by atoms with Crippen molar-refractivity contribution in [1.82, 2.24) is 5.32 Å².